The molecule has 4 aromatic carbocycles. The van der Waals surface area contributed by atoms with Crippen molar-refractivity contribution in [2.75, 3.05) is 48.6 Å². The second-order valence-corrected chi connectivity index (χ2v) is 13.3. The lowest BCUT2D eigenvalue weighted by Crippen LogP contribution is -2.36. The summed E-state index contributed by atoms with van der Waals surface area (Å²) in [6.07, 6.45) is -0.423. The number of hydrogen-bond donors (Lipinski definition) is 3. The Hall–Kier alpha value is -4.45. The number of amides is 2. The highest BCUT2D eigenvalue weighted by molar-refractivity contribution is 6.56. The van der Waals surface area contributed by atoms with Gasteiger partial charge in [0.25, 0.3) is 17.6 Å². The van der Waals surface area contributed by atoms with Crippen molar-refractivity contribution in [3.05, 3.63) is 115 Å². The summed E-state index contributed by atoms with van der Waals surface area (Å²) < 4.78 is 0. The summed E-state index contributed by atoms with van der Waals surface area (Å²) in [5.74, 6) is -2.30. The fourth-order valence-corrected chi connectivity index (χ4v) is 6.00. The smallest absolute Gasteiger partial charge is 0.296 e. The fraction of sp³-hybridized carbons (Fsp3) is 0.216. The molecule has 1 atom stereocenters. The summed E-state index contributed by atoms with van der Waals surface area (Å²) in [6, 6.07) is 20.5. The van der Waals surface area contributed by atoms with Crippen molar-refractivity contribution < 1.29 is 29.1 Å². The fourth-order valence-electron chi connectivity index (χ4n) is 5.03. The summed E-state index contributed by atoms with van der Waals surface area (Å²) >= 11 is 23.7. The Morgan fingerprint density at radius 3 is 1.59 bits per heavy atom. The number of fused-ring (bicyclic) bond motifs is 2. The number of nitrogens with zero attached hydrogens (tertiary/aromatic N) is 2. The van der Waals surface area contributed by atoms with Gasteiger partial charge in [0.2, 0.25) is 0 Å². The summed E-state index contributed by atoms with van der Waals surface area (Å²) in [7, 11) is 7.74. The van der Waals surface area contributed by atoms with E-state index in [1.165, 1.54) is 24.3 Å². The van der Waals surface area contributed by atoms with Crippen molar-refractivity contribution in [2.45, 2.75) is 26.4 Å². The number of ketones is 3. The summed E-state index contributed by atoms with van der Waals surface area (Å²) in [5, 5.41) is 16.8. The van der Waals surface area contributed by atoms with Crippen LogP contribution < -0.4 is 20.4 Å². The van der Waals surface area contributed by atoms with Crippen LogP contribution in [0, 0.1) is 0 Å². The Morgan fingerprint density at radius 1 is 0.667 bits per heavy atom. The molecule has 0 aromatic heterocycles. The highest BCUT2D eigenvalue weighted by Gasteiger charge is 2.49. The number of nitrogens with one attached hydrogen (secondary N) is 2. The van der Waals surface area contributed by atoms with Gasteiger partial charge in [-0.2, -0.15) is 0 Å². The maximum absolute atomic E-state index is 12.6. The first kappa shape index (κ1) is 41.0. The molecular formula is C37H36Cl4N4O6. The van der Waals surface area contributed by atoms with Crippen molar-refractivity contribution in [1.29, 1.82) is 0 Å². The molecule has 0 fully saturated rings. The van der Waals surface area contributed by atoms with Gasteiger partial charge in [-0.05, 0) is 79.7 Å². The van der Waals surface area contributed by atoms with Crippen molar-refractivity contribution >= 4 is 98.3 Å². The molecular weight excluding hydrogens is 738 g/mol. The average Bonchev–Trinajstić information content (AvgIpc) is 3.53. The van der Waals surface area contributed by atoms with Crippen LogP contribution in [0.3, 0.4) is 0 Å². The topological polar surface area (TPSA) is 136 Å². The van der Waals surface area contributed by atoms with Crippen molar-refractivity contribution in [3.8, 4) is 0 Å². The van der Waals surface area contributed by atoms with Crippen LogP contribution in [0.25, 0.3) is 0 Å². The van der Waals surface area contributed by atoms with E-state index in [0.717, 1.165) is 16.9 Å². The number of halogens is 4. The SMILES string of the molecule is C.CC(=O)c1ccc(N(C)C)cc1.CN(C)c1ccc(C(=O)CC2(O)C(=O)Nc3c(Cl)ccc(Cl)c32)cc1.O=C1Nc2c(Cl)ccc(Cl)c2C1=O. The lowest BCUT2D eigenvalue weighted by molar-refractivity contribution is -0.133. The van der Waals surface area contributed by atoms with E-state index < -0.39 is 29.6 Å². The molecule has 2 aliphatic heterocycles. The number of anilines is 4. The van der Waals surface area contributed by atoms with Crippen LogP contribution in [-0.4, -0.2) is 62.5 Å². The van der Waals surface area contributed by atoms with Crippen molar-refractivity contribution in [3.63, 3.8) is 0 Å². The van der Waals surface area contributed by atoms with Gasteiger partial charge in [0.15, 0.2) is 17.2 Å². The summed E-state index contributed by atoms with van der Waals surface area (Å²) in [5.41, 5.74) is 2.04. The number of benzene rings is 4. The lowest BCUT2D eigenvalue weighted by atomic mass is 9.88. The monoisotopic (exact) mass is 772 g/mol. The number of Topliss-reactive ketones (excluding diaryl/α,β-unsaturated/α-hetero) is 3. The minimum Gasteiger partial charge on any atom is -0.378 e. The molecule has 4 aromatic rings. The third-order valence-corrected chi connectivity index (χ3v) is 9.08. The first-order valence-electron chi connectivity index (χ1n) is 14.9. The van der Waals surface area contributed by atoms with Gasteiger partial charge in [-0.1, -0.05) is 53.8 Å². The van der Waals surface area contributed by atoms with E-state index in [9.17, 15) is 29.1 Å². The molecule has 2 amide bonds. The molecule has 0 saturated heterocycles. The molecule has 2 aliphatic rings. The zero-order valence-corrected chi connectivity index (χ0v) is 30.6. The van der Waals surface area contributed by atoms with Crippen LogP contribution >= 0.6 is 46.4 Å². The molecule has 0 spiro atoms. The normalized spacial score (nSPS) is 15.1. The van der Waals surface area contributed by atoms with E-state index in [0.29, 0.717) is 16.3 Å². The molecule has 6 rings (SSSR count). The molecule has 0 bridgehead atoms. The minimum atomic E-state index is -2.05. The maximum Gasteiger partial charge on any atom is 0.296 e. The van der Waals surface area contributed by atoms with E-state index in [2.05, 4.69) is 10.6 Å². The van der Waals surface area contributed by atoms with Crippen LogP contribution in [-0.2, 0) is 15.2 Å². The molecule has 0 radical (unpaired) electrons. The molecule has 3 N–H and O–H groups in total. The van der Waals surface area contributed by atoms with Gasteiger partial charge in [0.1, 0.15) is 0 Å². The van der Waals surface area contributed by atoms with Crippen LogP contribution in [0.4, 0.5) is 22.7 Å². The van der Waals surface area contributed by atoms with Crippen molar-refractivity contribution in [1.82, 2.24) is 0 Å². The standard InChI is InChI=1S/C18H16Cl2N2O3.C10H13NO.C8H3Cl2NO2.CH4/c1-22(2)11-5-3-10(4-6-11)14(23)9-18(25)15-12(19)7-8-13(20)16(15)21-17(18)24;1-8(12)9-4-6-10(7-5-9)11(2)3;9-3-1-2-4(10)6-5(3)7(12)8(13)11-6;/h3-8,25H,9H2,1-2H3,(H,21,24);4-7H,1-3H3;1-2H,(H,11,12,13);1H4. The number of rotatable bonds is 6. The van der Waals surface area contributed by atoms with E-state index in [4.69, 9.17) is 46.4 Å². The first-order chi connectivity index (χ1) is 23.5. The van der Waals surface area contributed by atoms with E-state index in [-0.39, 0.29) is 50.9 Å². The van der Waals surface area contributed by atoms with Crippen molar-refractivity contribution in [2.24, 2.45) is 0 Å². The molecule has 0 aliphatic carbocycles. The third kappa shape index (κ3) is 8.90. The van der Waals surface area contributed by atoms with Gasteiger partial charge in [-0.15, -0.1) is 0 Å². The molecule has 268 valence electrons. The third-order valence-electron chi connectivity index (χ3n) is 7.82. The summed E-state index contributed by atoms with van der Waals surface area (Å²) in [6.45, 7) is 1.57. The largest absolute Gasteiger partial charge is 0.378 e. The minimum absolute atomic E-state index is 0. The van der Waals surface area contributed by atoms with Gasteiger partial charge >= 0.3 is 0 Å². The van der Waals surface area contributed by atoms with Gasteiger partial charge in [0.05, 0.1) is 38.4 Å². The average molecular weight is 775 g/mol. The van der Waals surface area contributed by atoms with Crippen LogP contribution in [0.15, 0.2) is 72.8 Å². The van der Waals surface area contributed by atoms with Gasteiger partial charge in [-0.25, -0.2) is 0 Å². The Kier molecular flexibility index (Phi) is 13.4. The molecule has 2 heterocycles. The number of carbonyl (C=O) groups excluding carboxylic acids is 5. The van der Waals surface area contributed by atoms with Crippen LogP contribution in [0.1, 0.15) is 57.4 Å². The van der Waals surface area contributed by atoms with Crippen LogP contribution in [0.2, 0.25) is 20.1 Å². The molecule has 10 nitrogen and oxygen atoms in total. The summed E-state index contributed by atoms with van der Waals surface area (Å²) in [4.78, 5) is 61.9. The van der Waals surface area contributed by atoms with Gasteiger partial charge < -0.3 is 25.5 Å². The molecule has 51 heavy (non-hydrogen) atoms. The molecule has 1 unspecified atom stereocenters. The zero-order chi connectivity index (χ0) is 37.1. The Balaban J connectivity index is 0.000000227. The van der Waals surface area contributed by atoms with E-state index >= 15 is 0 Å². The molecule has 14 heteroatoms. The Morgan fingerprint density at radius 2 is 1.12 bits per heavy atom. The van der Waals surface area contributed by atoms with Crippen LogP contribution in [0.5, 0.6) is 0 Å². The number of hydrogen-bond acceptors (Lipinski definition) is 8. The Labute approximate surface area is 316 Å². The zero-order valence-electron chi connectivity index (χ0n) is 27.5. The van der Waals surface area contributed by atoms with E-state index in [1.807, 2.05) is 62.3 Å². The quantitative estimate of drug-likeness (QED) is 0.132. The maximum atomic E-state index is 12.6. The molecule has 0 saturated carbocycles. The second-order valence-electron chi connectivity index (χ2n) is 11.7. The highest BCUT2D eigenvalue weighted by Crippen LogP contribution is 2.46. The Bertz CT molecular complexity index is 2000. The first-order valence-corrected chi connectivity index (χ1v) is 16.4. The van der Waals surface area contributed by atoms with E-state index in [1.54, 1.807) is 31.2 Å². The second kappa shape index (κ2) is 16.7. The number of aliphatic hydroxyl groups is 1. The van der Waals surface area contributed by atoms with Gasteiger partial charge in [0, 0.05) is 61.3 Å². The number of carbonyl (C=O) groups is 5. The lowest BCUT2D eigenvalue weighted by Gasteiger charge is -2.21. The predicted octanol–water partition coefficient (Wildman–Crippen LogP) is 8.19. The van der Waals surface area contributed by atoms with Gasteiger partial charge in [-0.3, -0.25) is 24.0 Å². The highest BCUT2D eigenvalue weighted by atomic mass is 35.5. The predicted molar refractivity (Wildman–Crippen MR) is 206 cm³/mol.